The lowest BCUT2D eigenvalue weighted by molar-refractivity contribution is 0.0643. The van der Waals surface area contributed by atoms with E-state index in [1.165, 1.54) is 0 Å². The first-order valence-electron chi connectivity index (χ1n) is 8.45. The zero-order chi connectivity index (χ0) is 18.2. The summed E-state index contributed by atoms with van der Waals surface area (Å²) in [4.78, 5) is 4.08. The summed E-state index contributed by atoms with van der Waals surface area (Å²) in [7, 11) is 0. The zero-order valence-corrected chi connectivity index (χ0v) is 15.8. The molecule has 3 nitrogen and oxygen atoms in total. The summed E-state index contributed by atoms with van der Waals surface area (Å²) in [5, 5.41) is 1.46. The molecule has 0 radical (unpaired) electrons. The smallest absolute Gasteiger partial charge is 0.0945 e. The second-order valence-electron chi connectivity index (χ2n) is 5.92. The highest BCUT2D eigenvalue weighted by Crippen LogP contribution is 2.24. The van der Waals surface area contributed by atoms with E-state index in [0.29, 0.717) is 6.61 Å². The molecule has 26 heavy (non-hydrogen) atoms. The third kappa shape index (κ3) is 5.73. The Morgan fingerprint density at radius 1 is 1.00 bits per heavy atom. The number of hydrogen-bond acceptors (Lipinski definition) is 2. The lowest BCUT2D eigenvalue weighted by Crippen LogP contribution is -2.08. The summed E-state index contributed by atoms with van der Waals surface area (Å²) in [6.45, 7) is 1.37. The summed E-state index contributed by atoms with van der Waals surface area (Å²) in [6, 6.07) is 15.5. The van der Waals surface area contributed by atoms with Crippen molar-refractivity contribution in [2.45, 2.75) is 19.1 Å². The monoisotopic (exact) mass is 386 g/mol. The van der Waals surface area contributed by atoms with Crippen LogP contribution in [0.1, 0.15) is 23.7 Å². The minimum Gasteiger partial charge on any atom is -0.369 e. The van der Waals surface area contributed by atoms with Crippen LogP contribution in [0.2, 0.25) is 10.0 Å². The molecule has 1 aromatic heterocycles. The van der Waals surface area contributed by atoms with Crippen LogP contribution in [-0.4, -0.2) is 16.2 Å². The number of halogens is 2. The van der Waals surface area contributed by atoms with Gasteiger partial charge < -0.3 is 9.30 Å². The second kappa shape index (κ2) is 9.58. The van der Waals surface area contributed by atoms with Crippen molar-refractivity contribution in [1.29, 1.82) is 0 Å². The molecule has 5 heteroatoms. The predicted octanol–water partition coefficient (Wildman–Crippen LogP) is 6.05. The highest BCUT2D eigenvalue weighted by atomic mass is 35.5. The molecular weight excluding hydrogens is 367 g/mol. The van der Waals surface area contributed by atoms with E-state index in [0.717, 1.165) is 34.1 Å². The Bertz CT molecular complexity index is 812. The number of nitrogens with zero attached hydrogens (tertiary/aromatic N) is 2. The third-order valence-electron chi connectivity index (χ3n) is 4.02. The van der Waals surface area contributed by atoms with Gasteiger partial charge in [0.2, 0.25) is 0 Å². The van der Waals surface area contributed by atoms with Crippen molar-refractivity contribution in [2.75, 3.05) is 6.61 Å². The first kappa shape index (κ1) is 18.7. The first-order valence-corrected chi connectivity index (χ1v) is 9.21. The fraction of sp³-hybridized carbons (Fsp3) is 0.190. The van der Waals surface area contributed by atoms with Gasteiger partial charge in [-0.3, -0.25) is 0 Å². The van der Waals surface area contributed by atoms with Gasteiger partial charge in [-0.05, 0) is 41.8 Å². The van der Waals surface area contributed by atoms with Gasteiger partial charge in [-0.2, -0.15) is 0 Å². The van der Waals surface area contributed by atoms with Crippen molar-refractivity contribution in [3.05, 3.63) is 94.5 Å². The molecular formula is C21H20Cl2N2O. The number of ether oxygens (including phenoxy) is 1. The number of aromatic nitrogens is 2. The molecule has 0 saturated heterocycles. The molecule has 134 valence electrons. The van der Waals surface area contributed by atoms with Crippen molar-refractivity contribution in [3.8, 4) is 0 Å². The van der Waals surface area contributed by atoms with Gasteiger partial charge in [0.25, 0.3) is 0 Å². The van der Waals surface area contributed by atoms with E-state index in [1.54, 1.807) is 6.20 Å². The molecule has 0 N–H and O–H groups in total. The van der Waals surface area contributed by atoms with Gasteiger partial charge >= 0.3 is 0 Å². The molecule has 0 spiro atoms. The Balaban J connectivity index is 1.60. The number of hydrogen-bond donors (Lipinski definition) is 0. The van der Waals surface area contributed by atoms with Crippen LogP contribution in [-0.2, 0) is 11.3 Å². The van der Waals surface area contributed by atoms with Crippen LogP contribution >= 0.6 is 23.2 Å². The summed E-state index contributed by atoms with van der Waals surface area (Å²) < 4.78 is 8.17. The topological polar surface area (TPSA) is 27.1 Å². The van der Waals surface area contributed by atoms with Gasteiger partial charge in [0.15, 0.2) is 0 Å². The Labute approximate surface area is 163 Å². The van der Waals surface area contributed by atoms with Crippen molar-refractivity contribution in [2.24, 2.45) is 0 Å². The molecule has 0 bridgehead atoms. The second-order valence-corrected chi connectivity index (χ2v) is 6.79. The molecule has 1 atom stereocenters. The highest BCUT2D eigenvalue weighted by Gasteiger charge is 2.12. The Hall–Kier alpha value is -2.07. The van der Waals surface area contributed by atoms with Crippen molar-refractivity contribution >= 4 is 29.3 Å². The maximum absolute atomic E-state index is 6.12. The van der Waals surface area contributed by atoms with E-state index in [-0.39, 0.29) is 6.10 Å². The van der Waals surface area contributed by atoms with E-state index in [4.69, 9.17) is 27.9 Å². The Morgan fingerprint density at radius 3 is 2.35 bits per heavy atom. The van der Waals surface area contributed by atoms with E-state index < -0.39 is 0 Å². The molecule has 0 aliphatic rings. The summed E-state index contributed by atoms with van der Waals surface area (Å²) >= 11 is 11.9. The first-order chi connectivity index (χ1) is 12.7. The average Bonchev–Trinajstić information content (AvgIpc) is 3.17. The molecule has 1 unspecified atom stereocenters. The molecule has 2 aromatic carbocycles. The van der Waals surface area contributed by atoms with Crippen LogP contribution < -0.4 is 0 Å². The van der Waals surface area contributed by atoms with Gasteiger partial charge in [-0.15, -0.1) is 0 Å². The van der Waals surface area contributed by atoms with Crippen molar-refractivity contribution in [1.82, 2.24) is 9.55 Å². The lowest BCUT2D eigenvalue weighted by Gasteiger charge is -2.18. The van der Waals surface area contributed by atoms with Gasteiger partial charge in [0.05, 0.1) is 19.0 Å². The normalized spacial score (nSPS) is 12.5. The Kier molecular flexibility index (Phi) is 6.89. The van der Waals surface area contributed by atoms with Crippen LogP contribution in [0, 0.1) is 0 Å². The lowest BCUT2D eigenvalue weighted by atomic mass is 10.1. The standard InChI is InChI=1S/C21H20Cl2N2O/c22-19-7-3-17(4-8-19)2-1-15-26-21(11-13-25-14-12-24-16-25)18-5-9-20(23)10-6-18/h1-10,12,14,16,21H,11,13,15H2. The number of imidazole rings is 1. The Morgan fingerprint density at radius 2 is 1.69 bits per heavy atom. The zero-order valence-electron chi connectivity index (χ0n) is 14.3. The fourth-order valence-corrected chi connectivity index (χ4v) is 2.89. The highest BCUT2D eigenvalue weighted by molar-refractivity contribution is 6.30. The fourth-order valence-electron chi connectivity index (χ4n) is 2.64. The molecule has 0 aliphatic carbocycles. The van der Waals surface area contributed by atoms with E-state index in [1.807, 2.05) is 73.2 Å². The molecule has 0 amide bonds. The summed E-state index contributed by atoms with van der Waals surface area (Å²) in [5.74, 6) is 0. The SMILES string of the molecule is Clc1ccc(C=CCOC(CCn2ccnc2)c2ccc(Cl)cc2)cc1. The predicted molar refractivity (Wildman–Crippen MR) is 107 cm³/mol. The molecule has 1 heterocycles. The van der Waals surface area contributed by atoms with E-state index >= 15 is 0 Å². The average molecular weight is 387 g/mol. The maximum atomic E-state index is 6.12. The van der Waals surface area contributed by atoms with Crippen LogP contribution in [0.4, 0.5) is 0 Å². The number of aryl methyl sites for hydroxylation is 1. The van der Waals surface area contributed by atoms with Crippen molar-refractivity contribution in [3.63, 3.8) is 0 Å². The van der Waals surface area contributed by atoms with Crippen molar-refractivity contribution < 1.29 is 4.74 Å². The largest absolute Gasteiger partial charge is 0.369 e. The van der Waals surface area contributed by atoms with Crippen LogP contribution in [0.15, 0.2) is 73.3 Å². The molecule has 0 fully saturated rings. The number of benzene rings is 2. The van der Waals surface area contributed by atoms with Gasteiger partial charge in [-0.1, -0.05) is 59.6 Å². The van der Waals surface area contributed by atoms with Gasteiger partial charge in [0, 0.05) is 29.0 Å². The van der Waals surface area contributed by atoms with Gasteiger partial charge in [0.1, 0.15) is 0 Å². The summed E-state index contributed by atoms with van der Waals surface area (Å²) in [6.07, 6.45) is 10.5. The van der Waals surface area contributed by atoms with Gasteiger partial charge in [-0.25, -0.2) is 4.98 Å². The molecule has 3 aromatic rings. The number of rotatable bonds is 8. The maximum Gasteiger partial charge on any atom is 0.0945 e. The minimum absolute atomic E-state index is 0.00969. The minimum atomic E-state index is -0.00969. The molecule has 3 rings (SSSR count). The van der Waals surface area contributed by atoms with E-state index in [2.05, 4.69) is 9.55 Å². The van der Waals surface area contributed by atoms with Crippen LogP contribution in [0.25, 0.3) is 6.08 Å². The third-order valence-corrected chi connectivity index (χ3v) is 4.53. The quantitative estimate of drug-likeness (QED) is 0.470. The molecule has 0 saturated carbocycles. The van der Waals surface area contributed by atoms with Crippen LogP contribution in [0.3, 0.4) is 0 Å². The molecule has 0 aliphatic heterocycles. The van der Waals surface area contributed by atoms with Crippen LogP contribution in [0.5, 0.6) is 0 Å². The van der Waals surface area contributed by atoms with E-state index in [9.17, 15) is 0 Å². The summed E-state index contributed by atoms with van der Waals surface area (Å²) in [5.41, 5.74) is 2.22.